The average molecular weight is 291 g/mol. The summed E-state index contributed by atoms with van der Waals surface area (Å²) >= 11 is 0. The zero-order valence-corrected chi connectivity index (χ0v) is 10.5. The Hall–Kier alpha value is -2.70. The third-order valence-corrected chi connectivity index (χ3v) is 2.97. The van der Waals surface area contributed by atoms with Crippen molar-refractivity contribution in [3.63, 3.8) is 0 Å². The van der Waals surface area contributed by atoms with E-state index in [0.29, 0.717) is 0 Å². The van der Waals surface area contributed by atoms with Crippen molar-refractivity contribution in [2.75, 3.05) is 0 Å². The largest absolute Gasteiger partial charge is 0.417 e. The van der Waals surface area contributed by atoms with Gasteiger partial charge in [-0.15, -0.1) is 0 Å². The van der Waals surface area contributed by atoms with Crippen LogP contribution in [0.1, 0.15) is 5.56 Å². The molecule has 0 bridgehead atoms. The highest BCUT2D eigenvalue weighted by molar-refractivity contribution is 5.76. The topological polar surface area (TPSA) is 58.6 Å². The molecule has 0 amide bonds. The minimum absolute atomic E-state index is 0.105. The lowest BCUT2D eigenvalue weighted by molar-refractivity contribution is -0.137. The van der Waals surface area contributed by atoms with Crippen LogP contribution in [0.2, 0.25) is 0 Å². The quantitative estimate of drug-likeness (QED) is 0.749. The van der Waals surface area contributed by atoms with Crippen LogP contribution in [0.15, 0.2) is 47.4 Å². The molecule has 7 heteroatoms. The molecule has 1 aromatic carbocycles. The predicted octanol–water partition coefficient (Wildman–Crippen LogP) is 3.00. The second-order valence-electron chi connectivity index (χ2n) is 4.33. The zero-order chi connectivity index (χ0) is 15.0. The third-order valence-electron chi connectivity index (χ3n) is 2.97. The molecular formula is C14H8F3N3O. The molecule has 0 aliphatic carbocycles. The Morgan fingerprint density at radius 2 is 1.81 bits per heavy atom. The summed E-state index contributed by atoms with van der Waals surface area (Å²) in [4.78, 5) is 22.2. The molecule has 2 aromatic heterocycles. The maximum absolute atomic E-state index is 13.0. The smallest absolute Gasteiger partial charge is 0.306 e. The van der Waals surface area contributed by atoms with Gasteiger partial charge >= 0.3 is 6.18 Å². The molecule has 0 saturated carbocycles. The summed E-state index contributed by atoms with van der Waals surface area (Å²) in [6.07, 6.45) is -3.11. The Balaban J connectivity index is 2.29. The van der Waals surface area contributed by atoms with Gasteiger partial charge in [-0.1, -0.05) is 18.2 Å². The summed E-state index contributed by atoms with van der Waals surface area (Å²) in [7, 11) is 0. The first-order valence-electron chi connectivity index (χ1n) is 5.98. The van der Waals surface area contributed by atoms with E-state index in [0.717, 1.165) is 6.07 Å². The highest BCUT2D eigenvalue weighted by Gasteiger charge is 2.34. The van der Waals surface area contributed by atoms with Gasteiger partial charge in [0.15, 0.2) is 5.65 Å². The molecule has 3 aromatic rings. The minimum atomic E-state index is -4.53. The number of hydrogen-bond acceptors (Lipinski definition) is 3. The van der Waals surface area contributed by atoms with E-state index in [1.165, 1.54) is 30.5 Å². The molecular weight excluding hydrogens is 283 g/mol. The number of nitrogens with zero attached hydrogens (tertiary/aromatic N) is 2. The lowest BCUT2D eigenvalue weighted by Gasteiger charge is -2.12. The summed E-state index contributed by atoms with van der Waals surface area (Å²) < 4.78 is 39.0. The molecule has 0 spiro atoms. The van der Waals surface area contributed by atoms with Crippen LogP contribution in [0.3, 0.4) is 0 Å². The summed E-state index contributed by atoms with van der Waals surface area (Å²) in [5.74, 6) is -0.154. The molecule has 0 atom stereocenters. The van der Waals surface area contributed by atoms with Gasteiger partial charge in [-0.05, 0) is 18.2 Å². The minimum Gasteiger partial charge on any atom is -0.306 e. The Morgan fingerprint density at radius 1 is 1.05 bits per heavy atom. The van der Waals surface area contributed by atoms with Crippen LogP contribution < -0.4 is 5.56 Å². The van der Waals surface area contributed by atoms with Crippen molar-refractivity contribution in [1.29, 1.82) is 0 Å². The number of fused-ring (bicyclic) bond motifs is 1. The summed E-state index contributed by atoms with van der Waals surface area (Å²) in [5, 5.41) is 0.228. The average Bonchev–Trinajstić information content (AvgIpc) is 2.46. The van der Waals surface area contributed by atoms with Gasteiger partial charge in [0.05, 0.1) is 10.9 Å². The molecule has 21 heavy (non-hydrogen) atoms. The van der Waals surface area contributed by atoms with Gasteiger partial charge in [0.2, 0.25) is 0 Å². The highest BCUT2D eigenvalue weighted by atomic mass is 19.4. The number of aromatic amines is 1. The molecule has 3 rings (SSSR count). The number of hydrogen-bond donors (Lipinski definition) is 1. The van der Waals surface area contributed by atoms with Crippen LogP contribution in [0.4, 0.5) is 13.2 Å². The number of nitrogens with one attached hydrogen (secondary N) is 1. The number of H-pyrrole nitrogens is 1. The van der Waals surface area contributed by atoms with Crippen molar-refractivity contribution in [1.82, 2.24) is 15.0 Å². The second kappa shape index (κ2) is 4.69. The Bertz CT molecular complexity index is 871. The van der Waals surface area contributed by atoms with Crippen molar-refractivity contribution >= 4 is 11.0 Å². The van der Waals surface area contributed by atoms with Gasteiger partial charge in [-0.3, -0.25) is 4.79 Å². The van der Waals surface area contributed by atoms with Crippen LogP contribution in [0.5, 0.6) is 0 Å². The first-order valence-corrected chi connectivity index (χ1v) is 5.98. The molecule has 1 N–H and O–H groups in total. The molecule has 106 valence electrons. The number of halogens is 3. The summed E-state index contributed by atoms with van der Waals surface area (Å²) in [6.45, 7) is 0. The van der Waals surface area contributed by atoms with Gasteiger partial charge in [0, 0.05) is 11.8 Å². The SMILES string of the molecule is O=c1[nH]c(-c2ccccc2C(F)(F)F)nc2ncccc12. The van der Waals surface area contributed by atoms with Crippen LogP contribution in [0, 0.1) is 0 Å². The van der Waals surface area contributed by atoms with Crippen molar-refractivity contribution in [3.05, 3.63) is 58.5 Å². The Labute approximate surface area is 116 Å². The lowest BCUT2D eigenvalue weighted by Crippen LogP contribution is -2.13. The van der Waals surface area contributed by atoms with Gasteiger partial charge in [0.1, 0.15) is 5.82 Å². The van der Waals surface area contributed by atoms with Crippen molar-refractivity contribution < 1.29 is 13.2 Å². The molecule has 0 radical (unpaired) electrons. The van der Waals surface area contributed by atoms with Gasteiger partial charge < -0.3 is 4.98 Å². The zero-order valence-electron chi connectivity index (χ0n) is 10.5. The van der Waals surface area contributed by atoms with Gasteiger partial charge in [-0.25, -0.2) is 9.97 Å². The van der Waals surface area contributed by atoms with Crippen LogP contribution in [-0.4, -0.2) is 15.0 Å². The van der Waals surface area contributed by atoms with E-state index in [2.05, 4.69) is 15.0 Å². The van der Waals surface area contributed by atoms with Crippen molar-refractivity contribution in [2.45, 2.75) is 6.18 Å². The van der Waals surface area contributed by atoms with E-state index >= 15 is 0 Å². The Morgan fingerprint density at radius 3 is 2.57 bits per heavy atom. The van der Waals surface area contributed by atoms with Crippen LogP contribution in [0.25, 0.3) is 22.4 Å². The normalized spacial score (nSPS) is 11.8. The number of benzene rings is 1. The fourth-order valence-corrected chi connectivity index (χ4v) is 2.04. The first kappa shape index (κ1) is 13.3. The molecule has 0 fully saturated rings. The monoisotopic (exact) mass is 291 g/mol. The molecule has 0 aliphatic heterocycles. The second-order valence-corrected chi connectivity index (χ2v) is 4.33. The van der Waals surface area contributed by atoms with Crippen LogP contribution in [-0.2, 0) is 6.18 Å². The summed E-state index contributed by atoms with van der Waals surface area (Å²) in [6, 6.07) is 8.00. The molecule has 0 unspecified atom stereocenters. The fourth-order valence-electron chi connectivity index (χ4n) is 2.04. The van der Waals surface area contributed by atoms with E-state index in [1.807, 2.05) is 0 Å². The van der Waals surface area contributed by atoms with Crippen LogP contribution >= 0.6 is 0 Å². The Kier molecular flexibility index (Phi) is 2.97. The van der Waals surface area contributed by atoms with E-state index in [9.17, 15) is 18.0 Å². The number of rotatable bonds is 1. The maximum atomic E-state index is 13.0. The molecule has 0 aliphatic rings. The highest BCUT2D eigenvalue weighted by Crippen LogP contribution is 2.35. The maximum Gasteiger partial charge on any atom is 0.417 e. The van der Waals surface area contributed by atoms with Gasteiger partial charge in [0.25, 0.3) is 5.56 Å². The van der Waals surface area contributed by atoms with E-state index in [1.54, 1.807) is 6.07 Å². The van der Waals surface area contributed by atoms with Gasteiger partial charge in [-0.2, -0.15) is 13.2 Å². The predicted molar refractivity (Wildman–Crippen MR) is 70.6 cm³/mol. The fraction of sp³-hybridized carbons (Fsp3) is 0.0714. The summed E-state index contributed by atoms with van der Waals surface area (Å²) in [5.41, 5.74) is -1.47. The number of aromatic nitrogens is 3. The third kappa shape index (κ3) is 2.37. The lowest BCUT2D eigenvalue weighted by atomic mass is 10.1. The van der Waals surface area contributed by atoms with Crippen molar-refractivity contribution in [3.8, 4) is 11.4 Å². The molecule has 0 saturated heterocycles. The van der Waals surface area contributed by atoms with Crippen molar-refractivity contribution in [2.24, 2.45) is 0 Å². The molecule has 2 heterocycles. The first-order chi connectivity index (χ1) is 9.97. The van der Waals surface area contributed by atoms with E-state index in [-0.39, 0.29) is 22.4 Å². The van der Waals surface area contributed by atoms with E-state index < -0.39 is 17.3 Å². The van der Waals surface area contributed by atoms with E-state index in [4.69, 9.17) is 0 Å². The number of pyridine rings is 1. The standard InChI is InChI=1S/C14H8F3N3O/c15-14(16,17)10-6-2-1-4-8(10)12-19-11-9(13(21)20-12)5-3-7-18-11/h1-7H,(H,18,19,20,21). The molecule has 4 nitrogen and oxygen atoms in total. The number of alkyl halides is 3.